The molecule has 14 heavy (non-hydrogen) atoms. The van der Waals surface area contributed by atoms with Crippen LogP contribution in [0.15, 0.2) is 22.7 Å². The van der Waals surface area contributed by atoms with Crippen molar-refractivity contribution in [2.45, 2.75) is 12.8 Å². The minimum absolute atomic E-state index is 0.272. The third-order valence-corrected chi connectivity index (χ3v) is 2.37. The fourth-order valence-electron chi connectivity index (χ4n) is 1.02. The number of unbranched alkanes of at least 4 members (excludes halogenated alkanes) is 1. The van der Waals surface area contributed by atoms with Crippen molar-refractivity contribution in [2.75, 3.05) is 13.2 Å². The van der Waals surface area contributed by atoms with Crippen LogP contribution in [0.25, 0.3) is 0 Å². The minimum atomic E-state index is -0.272. The zero-order valence-electron chi connectivity index (χ0n) is 7.80. The second kappa shape index (κ2) is 5.98. The van der Waals surface area contributed by atoms with Crippen LogP contribution in [-0.2, 0) is 0 Å². The second-order valence-corrected chi connectivity index (χ2v) is 3.77. The number of rotatable bonds is 5. The van der Waals surface area contributed by atoms with Crippen molar-refractivity contribution in [3.63, 3.8) is 0 Å². The van der Waals surface area contributed by atoms with Gasteiger partial charge < -0.3 is 10.5 Å². The minimum Gasteiger partial charge on any atom is -0.492 e. The first kappa shape index (κ1) is 11.5. The van der Waals surface area contributed by atoms with Gasteiger partial charge in [-0.2, -0.15) is 0 Å². The molecule has 0 amide bonds. The van der Waals surface area contributed by atoms with E-state index >= 15 is 0 Å². The Labute approximate surface area is 91.4 Å². The molecule has 1 rings (SSSR count). The number of halogens is 2. The van der Waals surface area contributed by atoms with Gasteiger partial charge in [0.25, 0.3) is 0 Å². The highest BCUT2D eigenvalue weighted by Crippen LogP contribution is 2.25. The van der Waals surface area contributed by atoms with Crippen molar-refractivity contribution < 1.29 is 9.13 Å². The number of nitrogens with two attached hydrogens (primary N) is 1. The first-order valence-corrected chi connectivity index (χ1v) is 5.31. The Morgan fingerprint density at radius 2 is 2.14 bits per heavy atom. The van der Waals surface area contributed by atoms with Crippen LogP contribution in [0.1, 0.15) is 12.8 Å². The second-order valence-electron chi connectivity index (χ2n) is 2.92. The molecule has 2 nitrogen and oxygen atoms in total. The van der Waals surface area contributed by atoms with Gasteiger partial charge in [-0.05, 0) is 53.5 Å². The third kappa shape index (κ3) is 3.64. The summed E-state index contributed by atoms with van der Waals surface area (Å²) in [6, 6.07) is 4.38. The van der Waals surface area contributed by atoms with E-state index in [1.54, 1.807) is 6.07 Å². The molecule has 0 saturated heterocycles. The molecule has 0 atom stereocenters. The van der Waals surface area contributed by atoms with Crippen molar-refractivity contribution in [3.05, 3.63) is 28.5 Å². The zero-order chi connectivity index (χ0) is 10.4. The molecule has 0 saturated carbocycles. The van der Waals surface area contributed by atoms with E-state index in [1.807, 2.05) is 0 Å². The van der Waals surface area contributed by atoms with E-state index in [9.17, 15) is 4.39 Å². The summed E-state index contributed by atoms with van der Waals surface area (Å²) in [5, 5.41) is 0. The topological polar surface area (TPSA) is 35.2 Å². The highest BCUT2D eigenvalue weighted by atomic mass is 79.9. The smallest absolute Gasteiger partial charge is 0.133 e. The standard InChI is InChI=1S/C10H13BrFNO/c11-9-7-8(12)3-4-10(9)14-6-2-1-5-13/h3-4,7H,1-2,5-6,13H2. The van der Waals surface area contributed by atoms with Crippen LogP contribution in [0.5, 0.6) is 5.75 Å². The van der Waals surface area contributed by atoms with E-state index in [-0.39, 0.29) is 5.82 Å². The van der Waals surface area contributed by atoms with E-state index in [0.717, 1.165) is 12.8 Å². The molecule has 0 unspecified atom stereocenters. The lowest BCUT2D eigenvalue weighted by molar-refractivity contribution is 0.305. The number of ether oxygens (including phenoxy) is 1. The van der Waals surface area contributed by atoms with Crippen LogP contribution >= 0.6 is 15.9 Å². The van der Waals surface area contributed by atoms with Gasteiger partial charge in [0.05, 0.1) is 11.1 Å². The average Bonchev–Trinajstić information content (AvgIpc) is 2.15. The van der Waals surface area contributed by atoms with Gasteiger partial charge in [0, 0.05) is 0 Å². The van der Waals surface area contributed by atoms with Crippen LogP contribution in [-0.4, -0.2) is 13.2 Å². The number of hydrogen-bond acceptors (Lipinski definition) is 2. The highest BCUT2D eigenvalue weighted by molar-refractivity contribution is 9.10. The van der Waals surface area contributed by atoms with Crippen LogP contribution in [0.3, 0.4) is 0 Å². The Kier molecular flexibility index (Phi) is 4.90. The Morgan fingerprint density at radius 1 is 1.36 bits per heavy atom. The molecule has 0 heterocycles. The van der Waals surface area contributed by atoms with Crippen molar-refractivity contribution in [3.8, 4) is 5.75 Å². The molecule has 1 aromatic carbocycles. The van der Waals surface area contributed by atoms with Gasteiger partial charge in [-0.25, -0.2) is 4.39 Å². The van der Waals surface area contributed by atoms with E-state index in [2.05, 4.69) is 15.9 Å². The van der Waals surface area contributed by atoms with Gasteiger partial charge in [0.2, 0.25) is 0 Å². The van der Waals surface area contributed by atoms with Gasteiger partial charge >= 0.3 is 0 Å². The molecule has 0 aliphatic heterocycles. The molecule has 0 spiro atoms. The predicted octanol–water partition coefficient (Wildman–Crippen LogP) is 2.71. The lowest BCUT2D eigenvalue weighted by Crippen LogP contribution is -2.03. The molecular formula is C10H13BrFNO. The monoisotopic (exact) mass is 261 g/mol. The average molecular weight is 262 g/mol. The van der Waals surface area contributed by atoms with Crippen molar-refractivity contribution in [1.29, 1.82) is 0 Å². The Hall–Kier alpha value is -0.610. The van der Waals surface area contributed by atoms with Gasteiger partial charge in [0.1, 0.15) is 11.6 Å². The van der Waals surface area contributed by atoms with Crippen LogP contribution in [0.2, 0.25) is 0 Å². The molecule has 0 radical (unpaired) electrons. The summed E-state index contributed by atoms with van der Waals surface area (Å²) in [5.74, 6) is 0.398. The maximum Gasteiger partial charge on any atom is 0.133 e. The summed E-state index contributed by atoms with van der Waals surface area (Å²) >= 11 is 3.23. The molecule has 4 heteroatoms. The lowest BCUT2D eigenvalue weighted by Gasteiger charge is -2.07. The van der Waals surface area contributed by atoms with E-state index < -0.39 is 0 Å². The Morgan fingerprint density at radius 3 is 2.79 bits per heavy atom. The molecule has 78 valence electrons. The highest BCUT2D eigenvalue weighted by Gasteiger charge is 2.01. The van der Waals surface area contributed by atoms with E-state index in [0.29, 0.717) is 23.4 Å². The Bertz CT molecular complexity index is 293. The van der Waals surface area contributed by atoms with Crippen LogP contribution in [0.4, 0.5) is 4.39 Å². The normalized spacial score (nSPS) is 10.2. The summed E-state index contributed by atoms with van der Waals surface area (Å²) < 4.78 is 18.8. The molecule has 0 aromatic heterocycles. The van der Waals surface area contributed by atoms with Gasteiger partial charge in [-0.15, -0.1) is 0 Å². The molecule has 0 fully saturated rings. The largest absolute Gasteiger partial charge is 0.492 e. The summed E-state index contributed by atoms with van der Waals surface area (Å²) in [6.07, 6.45) is 1.86. The molecular weight excluding hydrogens is 249 g/mol. The van der Waals surface area contributed by atoms with Crippen molar-refractivity contribution >= 4 is 15.9 Å². The molecule has 0 bridgehead atoms. The van der Waals surface area contributed by atoms with E-state index in [4.69, 9.17) is 10.5 Å². The first-order chi connectivity index (χ1) is 6.74. The quantitative estimate of drug-likeness (QED) is 0.828. The fourth-order valence-corrected chi connectivity index (χ4v) is 1.49. The third-order valence-electron chi connectivity index (χ3n) is 1.75. The molecule has 0 aliphatic carbocycles. The maximum absolute atomic E-state index is 12.7. The molecule has 1 aromatic rings. The Balaban J connectivity index is 2.42. The zero-order valence-corrected chi connectivity index (χ0v) is 9.39. The van der Waals surface area contributed by atoms with E-state index in [1.165, 1.54) is 12.1 Å². The van der Waals surface area contributed by atoms with Gasteiger partial charge in [-0.3, -0.25) is 0 Å². The van der Waals surface area contributed by atoms with Gasteiger partial charge in [-0.1, -0.05) is 0 Å². The maximum atomic E-state index is 12.7. The van der Waals surface area contributed by atoms with Crippen LogP contribution in [0, 0.1) is 5.82 Å². The predicted molar refractivity (Wildman–Crippen MR) is 57.9 cm³/mol. The molecule has 2 N–H and O–H groups in total. The van der Waals surface area contributed by atoms with Gasteiger partial charge in [0.15, 0.2) is 0 Å². The first-order valence-electron chi connectivity index (χ1n) is 4.52. The summed E-state index contributed by atoms with van der Waals surface area (Å²) in [5.41, 5.74) is 5.34. The fraction of sp³-hybridized carbons (Fsp3) is 0.400. The SMILES string of the molecule is NCCCCOc1ccc(F)cc1Br. The molecule has 0 aliphatic rings. The van der Waals surface area contributed by atoms with Crippen LogP contribution < -0.4 is 10.5 Å². The lowest BCUT2D eigenvalue weighted by atomic mass is 10.3. The summed E-state index contributed by atoms with van der Waals surface area (Å²) in [4.78, 5) is 0. The summed E-state index contributed by atoms with van der Waals surface area (Å²) in [7, 11) is 0. The number of hydrogen-bond donors (Lipinski definition) is 1. The number of benzene rings is 1. The van der Waals surface area contributed by atoms with Crippen molar-refractivity contribution in [1.82, 2.24) is 0 Å². The summed E-state index contributed by atoms with van der Waals surface area (Å²) in [6.45, 7) is 1.29. The van der Waals surface area contributed by atoms with Crippen molar-refractivity contribution in [2.24, 2.45) is 5.73 Å².